The van der Waals surface area contributed by atoms with E-state index in [1.807, 2.05) is 19.0 Å². The number of carboxylic acids is 1. The third-order valence-electron chi connectivity index (χ3n) is 3.93. The minimum Gasteiger partial charge on any atom is -0.480 e. The van der Waals surface area contributed by atoms with Gasteiger partial charge in [-0.25, -0.2) is 8.78 Å². The van der Waals surface area contributed by atoms with Gasteiger partial charge in [-0.2, -0.15) is 0 Å². The van der Waals surface area contributed by atoms with Crippen LogP contribution in [0.2, 0.25) is 0 Å². The maximum Gasteiger partial charge on any atom is 0.323 e. The Bertz CT molecular complexity index is 587. The summed E-state index contributed by atoms with van der Waals surface area (Å²) in [6.07, 6.45) is 0.342. The van der Waals surface area contributed by atoms with Gasteiger partial charge in [-0.15, -0.1) is 0 Å². The number of carbonyl (C=O) groups excluding carboxylic acids is 1. The molecule has 0 unspecified atom stereocenters. The predicted molar refractivity (Wildman–Crippen MR) is 80.0 cm³/mol. The van der Waals surface area contributed by atoms with Gasteiger partial charge in [0.1, 0.15) is 18.2 Å². The van der Waals surface area contributed by atoms with Crippen molar-refractivity contribution >= 4 is 11.9 Å². The number of aliphatic carboxylic acids is 1. The Hall–Kier alpha value is -2.02. The molecule has 0 radical (unpaired) electrons. The van der Waals surface area contributed by atoms with Crippen LogP contribution >= 0.6 is 0 Å². The number of carboxylic acid groups (broad SMARTS) is 1. The molecular formula is C16H20F2N2O3. The molecule has 1 fully saturated rings. The molecular weight excluding hydrogens is 306 g/mol. The molecule has 126 valence electrons. The molecule has 1 saturated carbocycles. The SMILES string of the molecule is CN(C)CCN(CC(=O)O)C(=O)[C@@H]1C[C@H]1c1c(F)cccc1F. The van der Waals surface area contributed by atoms with Crippen LogP contribution in [0.25, 0.3) is 0 Å². The molecule has 1 aliphatic rings. The van der Waals surface area contributed by atoms with Gasteiger partial charge in [-0.1, -0.05) is 6.07 Å². The van der Waals surface area contributed by atoms with E-state index < -0.39 is 36.0 Å². The van der Waals surface area contributed by atoms with Crippen LogP contribution in [0.3, 0.4) is 0 Å². The number of hydrogen-bond donors (Lipinski definition) is 1. The lowest BCUT2D eigenvalue weighted by Crippen LogP contribution is -2.41. The first-order valence-corrected chi connectivity index (χ1v) is 7.40. The molecule has 1 aromatic rings. The maximum absolute atomic E-state index is 13.8. The van der Waals surface area contributed by atoms with Crippen molar-refractivity contribution in [3.05, 3.63) is 35.4 Å². The number of nitrogens with zero attached hydrogens (tertiary/aromatic N) is 2. The summed E-state index contributed by atoms with van der Waals surface area (Å²) >= 11 is 0. The number of amides is 1. The van der Waals surface area contributed by atoms with Gasteiger partial charge < -0.3 is 14.9 Å². The summed E-state index contributed by atoms with van der Waals surface area (Å²) in [4.78, 5) is 26.5. The van der Waals surface area contributed by atoms with Crippen LogP contribution < -0.4 is 0 Å². The molecule has 0 spiro atoms. The minimum absolute atomic E-state index is 0.0752. The van der Waals surface area contributed by atoms with Gasteiger partial charge >= 0.3 is 5.97 Å². The Morgan fingerprint density at radius 3 is 2.35 bits per heavy atom. The van der Waals surface area contributed by atoms with Gasteiger partial charge in [0.15, 0.2) is 0 Å². The van der Waals surface area contributed by atoms with Crippen molar-refractivity contribution in [3.63, 3.8) is 0 Å². The van der Waals surface area contributed by atoms with Crippen LogP contribution in [0, 0.1) is 17.6 Å². The molecule has 0 bridgehead atoms. The van der Waals surface area contributed by atoms with Crippen molar-refractivity contribution in [3.8, 4) is 0 Å². The average Bonchev–Trinajstić information content (AvgIpc) is 3.22. The van der Waals surface area contributed by atoms with Gasteiger partial charge in [0.05, 0.1) is 0 Å². The Kier molecular flexibility index (Phi) is 5.30. The summed E-state index contributed by atoms with van der Waals surface area (Å²) in [5.41, 5.74) is -0.0752. The summed E-state index contributed by atoms with van der Waals surface area (Å²) in [6.45, 7) is 0.376. The number of rotatable bonds is 7. The van der Waals surface area contributed by atoms with Crippen molar-refractivity contribution in [2.45, 2.75) is 12.3 Å². The smallest absolute Gasteiger partial charge is 0.323 e. The Balaban J connectivity index is 2.08. The second-order valence-corrected chi connectivity index (χ2v) is 6.04. The van der Waals surface area contributed by atoms with Crippen LogP contribution in [0.4, 0.5) is 8.78 Å². The first-order chi connectivity index (χ1) is 10.8. The van der Waals surface area contributed by atoms with Crippen LogP contribution in [0.15, 0.2) is 18.2 Å². The third kappa shape index (κ3) is 4.25. The molecule has 0 saturated heterocycles. The summed E-state index contributed by atoms with van der Waals surface area (Å²) in [6, 6.07) is 3.61. The van der Waals surface area contributed by atoms with E-state index in [0.717, 1.165) is 0 Å². The molecule has 0 heterocycles. The first-order valence-electron chi connectivity index (χ1n) is 7.40. The highest BCUT2D eigenvalue weighted by Crippen LogP contribution is 2.50. The number of likely N-dealkylation sites (N-methyl/N-ethyl adjacent to an activating group) is 1. The van der Waals surface area contributed by atoms with Gasteiger partial charge in [-0.05, 0) is 32.6 Å². The zero-order chi connectivity index (χ0) is 17.1. The lowest BCUT2D eigenvalue weighted by molar-refractivity contribution is -0.145. The fourth-order valence-corrected chi connectivity index (χ4v) is 2.64. The fourth-order valence-electron chi connectivity index (χ4n) is 2.64. The number of hydrogen-bond acceptors (Lipinski definition) is 3. The molecule has 1 aliphatic carbocycles. The first kappa shape index (κ1) is 17.3. The second kappa shape index (κ2) is 7.04. The molecule has 1 amide bonds. The van der Waals surface area contributed by atoms with Gasteiger partial charge in [0.2, 0.25) is 5.91 Å². The van der Waals surface area contributed by atoms with E-state index in [1.54, 1.807) is 0 Å². The summed E-state index contributed by atoms with van der Waals surface area (Å²) in [5, 5.41) is 8.94. The standard InChI is InChI=1S/C16H20F2N2O3/c1-19(2)6-7-20(9-14(21)22)16(23)11-8-10(11)15-12(17)4-3-5-13(15)18/h3-5,10-11H,6-9H2,1-2H3,(H,21,22)/t10-,11-/m1/s1. The van der Waals surface area contributed by atoms with E-state index in [2.05, 4.69) is 0 Å². The minimum atomic E-state index is -1.11. The van der Waals surface area contributed by atoms with E-state index in [1.165, 1.54) is 23.1 Å². The molecule has 7 heteroatoms. The fraction of sp³-hybridized carbons (Fsp3) is 0.500. The van der Waals surface area contributed by atoms with Gasteiger partial charge in [0.25, 0.3) is 0 Å². The van der Waals surface area contributed by atoms with Crippen molar-refractivity contribution in [1.82, 2.24) is 9.80 Å². The largest absolute Gasteiger partial charge is 0.480 e. The third-order valence-corrected chi connectivity index (χ3v) is 3.93. The Morgan fingerprint density at radius 1 is 1.22 bits per heavy atom. The van der Waals surface area contributed by atoms with E-state index in [-0.39, 0.29) is 18.0 Å². The normalized spacial score (nSPS) is 19.7. The molecule has 1 aromatic carbocycles. The summed E-state index contributed by atoms with van der Waals surface area (Å²) < 4.78 is 27.6. The Morgan fingerprint density at radius 2 is 1.83 bits per heavy atom. The van der Waals surface area contributed by atoms with Crippen LogP contribution in [0.1, 0.15) is 17.9 Å². The molecule has 2 atom stereocenters. The van der Waals surface area contributed by atoms with E-state index in [0.29, 0.717) is 13.0 Å². The zero-order valence-corrected chi connectivity index (χ0v) is 13.1. The second-order valence-electron chi connectivity index (χ2n) is 6.04. The van der Waals surface area contributed by atoms with Gasteiger partial charge in [0, 0.05) is 30.5 Å². The summed E-state index contributed by atoms with van der Waals surface area (Å²) in [7, 11) is 3.64. The lowest BCUT2D eigenvalue weighted by atomic mass is 10.1. The van der Waals surface area contributed by atoms with Gasteiger partial charge in [-0.3, -0.25) is 9.59 Å². The number of halogens is 2. The van der Waals surface area contributed by atoms with Crippen molar-refractivity contribution in [2.24, 2.45) is 5.92 Å². The molecule has 1 N–H and O–H groups in total. The molecule has 2 rings (SSSR count). The van der Waals surface area contributed by atoms with Crippen LogP contribution in [-0.4, -0.2) is 60.5 Å². The number of benzene rings is 1. The van der Waals surface area contributed by atoms with Crippen LogP contribution in [0.5, 0.6) is 0 Å². The van der Waals surface area contributed by atoms with E-state index in [9.17, 15) is 18.4 Å². The van der Waals surface area contributed by atoms with E-state index in [4.69, 9.17) is 5.11 Å². The van der Waals surface area contributed by atoms with Crippen molar-refractivity contribution in [2.75, 3.05) is 33.7 Å². The van der Waals surface area contributed by atoms with E-state index >= 15 is 0 Å². The highest BCUT2D eigenvalue weighted by atomic mass is 19.1. The Labute approximate surface area is 133 Å². The van der Waals surface area contributed by atoms with Crippen molar-refractivity contribution in [1.29, 1.82) is 0 Å². The molecule has 0 aliphatic heterocycles. The maximum atomic E-state index is 13.8. The molecule has 0 aromatic heterocycles. The predicted octanol–water partition coefficient (Wildman–Crippen LogP) is 1.54. The number of carbonyl (C=O) groups is 2. The lowest BCUT2D eigenvalue weighted by Gasteiger charge is -2.23. The van der Waals surface area contributed by atoms with Crippen LogP contribution in [-0.2, 0) is 9.59 Å². The highest BCUT2D eigenvalue weighted by Gasteiger charge is 2.48. The quantitative estimate of drug-likeness (QED) is 0.826. The monoisotopic (exact) mass is 326 g/mol. The molecule has 5 nitrogen and oxygen atoms in total. The highest BCUT2D eigenvalue weighted by molar-refractivity contribution is 5.86. The topological polar surface area (TPSA) is 60.9 Å². The van der Waals surface area contributed by atoms with Crippen molar-refractivity contribution < 1.29 is 23.5 Å². The molecule has 23 heavy (non-hydrogen) atoms. The average molecular weight is 326 g/mol. The zero-order valence-electron chi connectivity index (χ0n) is 13.1. The summed E-state index contributed by atoms with van der Waals surface area (Å²) in [5.74, 6) is -3.86.